The molecule has 194 valence electrons. The molecule has 0 aliphatic carbocycles. The molecule has 0 unspecified atom stereocenters. The Balaban J connectivity index is 1.44. The van der Waals surface area contributed by atoms with E-state index in [-0.39, 0.29) is 12.0 Å². The number of pyridine rings is 1. The zero-order valence-electron chi connectivity index (χ0n) is 21.1. The Morgan fingerprint density at radius 1 is 1.26 bits per heavy atom. The number of nitrogens with one attached hydrogen (secondary N) is 2. The van der Waals surface area contributed by atoms with Gasteiger partial charge in [-0.3, -0.25) is 9.78 Å². The van der Waals surface area contributed by atoms with E-state index < -0.39 is 0 Å². The number of nitrogens with two attached hydrogens (primary N) is 1. The number of fused-ring (bicyclic) bond motifs is 1. The molecule has 4 aromatic rings. The Kier molecular flexibility index (Phi) is 7.43. The number of anilines is 4. The lowest BCUT2D eigenvalue weighted by molar-refractivity contribution is -0.111. The number of para-hydroxylation sites is 1. The molecule has 0 saturated carbocycles. The van der Waals surface area contributed by atoms with Crippen molar-refractivity contribution in [3.63, 3.8) is 0 Å². The van der Waals surface area contributed by atoms with Crippen molar-refractivity contribution >= 4 is 39.8 Å². The maximum Gasteiger partial charge on any atom is 0.247 e. The molecule has 38 heavy (non-hydrogen) atoms. The number of morpholine rings is 1. The van der Waals surface area contributed by atoms with Crippen LogP contribution in [0.15, 0.2) is 73.6 Å². The van der Waals surface area contributed by atoms with E-state index in [1.165, 1.54) is 6.08 Å². The molecule has 1 atom stereocenters. The number of benzene rings is 2. The first-order valence-electron chi connectivity index (χ1n) is 12.2. The van der Waals surface area contributed by atoms with Gasteiger partial charge in [-0.05, 0) is 30.3 Å². The molecule has 0 spiro atoms. The van der Waals surface area contributed by atoms with Crippen LogP contribution in [0.1, 0.15) is 0 Å². The van der Waals surface area contributed by atoms with Crippen molar-refractivity contribution in [3.8, 4) is 17.0 Å². The van der Waals surface area contributed by atoms with Gasteiger partial charge in [-0.25, -0.2) is 9.97 Å². The number of methoxy groups -OCH3 is 1. The third-order valence-electron chi connectivity index (χ3n) is 6.30. The first-order chi connectivity index (χ1) is 18.6. The van der Waals surface area contributed by atoms with E-state index in [1.807, 2.05) is 36.4 Å². The van der Waals surface area contributed by atoms with Gasteiger partial charge < -0.3 is 30.7 Å². The zero-order valence-corrected chi connectivity index (χ0v) is 21.1. The summed E-state index contributed by atoms with van der Waals surface area (Å²) in [7, 11) is 1.63. The molecule has 1 aliphatic heterocycles. The Morgan fingerprint density at radius 2 is 2.16 bits per heavy atom. The average Bonchev–Trinajstić information content (AvgIpc) is 2.97. The molecule has 2 aromatic heterocycles. The average molecular weight is 512 g/mol. The van der Waals surface area contributed by atoms with Gasteiger partial charge in [0.25, 0.3) is 0 Å². The van der Waals surface area contributed by atoms with Gasteiger partial charge in [0.05, 0.1) is 36.7 Å². The molecule has 10 nitrogen and oxygen atoms in total. The molecule has 1 saturated heterocycles. The summed E-state index contributed by atoms with van der Waals surface area (Å²) in [5, 5.41) is 6.92. The third kappa shape index (κ3) is 5.41. The number of hydrogen-bond donors (Lipinski definition) is 3. The van der Waals surface area contributed by atoms with E-state index >= 15 is 0 Å². The minimum atomic E-state index is -0.290. The van der Waals surface area contributed by atoms with Crippen LogP contribution in [0.2, 0.25) is 0 Å². The molecule has 4 N–H and O–H groups in total. The smallest absolute Gasteiger partial charge is 0.247 e. The van der Waals surface area contributed by atoms with Crippen molar-refractivity contribution in [2.45, 2.75) is 6.10 Å². The van der Waals surface area contributed by atoms with Crippen LogP contribution in [-0.2, 0) is 9.53 Å². The lowest BCUT2D eigenvalue weighted by Crippen LogP contribution is -2.45. The van der Waals surface area contributed by atoms with Crippen LogP contribution in [0.4, 0.5) is 23.0 Å². The summed E-state index contributed by atoms with van der Waals surface area (Å²) >= 11 is 0. The molecule has 1 amide bonds. The lowest BCUT2D eigenvalue weighted by atomic mass is 10.1. The van der Waals surface area contributed by atoms with Gasteiger partial charge in [0.2, 0.25) is 11.9 Å². The van der Waals surface area contributed by atoms with Crippen LogP contribution in [0.5, 0.6) is 5.75 Å². The lowest BCUT2D eigenvalue weighted by Gasteiger charge is -2.34. The SMILES string of the molecule is C=CC(=O)Nc1ccnc(-c2cccc3cnc(Nc4ccc(N5CCO[C@@H](CN)C5)cc4OC)nc23)c1. The van der Waals surface area contributed by atoms with Gasteiger partial charge in [-0.2, -0.15) is 0 Å². The first kappa shape index (κ1) is 25.1. The van der Waals surface area contributed by atoms with E-state index in [9.17, 15) is 4.79 Å². The number of carbonyl (C=O) groups excluding carboxylic acids is 1. The molecule has 5 rings (SSSR count). The fourth-order valence-electron chi connectivity index (χ4n) is 4.37. The summed E-state index contributed by atoms with van der Waals surface area (Å²) in [6, 6.07) is 15.3. The van der Waals surface area contributed by atoms with Crippen LogP contribution in [-0.4, -0.2) is 60.3 Å². The Labute approximate surface area is 220 Å². The van der Waals surface area contributed by atoms with Crippen LogP contribution in [0.25, 0.3) is 22.2 Å². The number of aromatic nitrogens is 3. The Bertz CT molecular complexity index is 1480. The number of hydrogen-bond acceptors (Lipinski definition) is 9. The van der Waals surface area contributed by atoms with E-state index in [0.717, 1.165) is 40.9 Å². The molecule has 1 fully saturated rings. The number of nitrogens with zero attached hydrogens (tertiary/aromatic N) is 4. The van der Waals surface area contributed by atoms with Gasteiger partial charge in [-0.15, -0.1) is 0 Å². The quantitative estimate of drug-likeness (QED) is 0.303. The van der Waals surface area contributed by atoms with Crippen molar-refractivity contribution in [2.24, 2.45) is 5.73 Å². The standard InChI is InChI=1S/C28H29N7O3/c1-3-26(36)32-19-9-10-30-24(13-19)22-6-4-5-18-16-31-28(34-27(18)22)33-23-8-7-20(14-25(23)37-2)35-11-12-38-21(15-29)17-35/h3-10,13-14,16,21H,1,11-12,15,17,29H2,2H3,(H,30,32,36)(H,31,33,34)/t21-/m0/s1. The largest absolute Gasteiger partial charge is 0.494 e. The number of ether oxygens (including phenoxy) is 2. The van der Waals surface area contributed by atoms with E-state index in [0.29, 0.717) is 36.2 Å². The molecule has 2 aromatic carbocycles. The molecular formula is C28H29N7O3. The third-order valence-corrected chi connectivity index (χ3v) is 6.30. The second kappa shape index (κ2) is 11.2. The van der Waals surface area contributed by atoms with Gasteiger partial charge >= 0.3 is 0 Å². The molecular weight excluding hydrogens is 482 g/mol. The maximum absolute atomic E-state index is 11.7. The first-order valence-corrected chi connectivity index (χ1v) is 12.2. The molecule has 0 radical (unpaired) electrons. The molecule has 3 heterocycles. The highest BCUT2D eigenvalue weighted by Gasteiger charge is 2.20. The summed E-state index contributed by atoms with van der Waals surface area (Å²) in [5.41, 5.74) is 10.4. The number of rotatable bonds is 8. The van der Waals surface area contributed by atoms with Gasteiger partial charge in [0.15, 0.2) is 0 Å². The summed E-state index contributed by atoms with van der Waals surface area (Å²) in [4.78, 5) is 27.8. The topological polar surface area (TPSA) is 128 Å². The Morgan fingerprint density at radius 3 is 2.97 bits per heavy atom. The molecule has 10 heteroatoms. The zero-order chi connectivity index (χ0) is 26.5. The summed E-state index contributed by atoms with van der Waals surface area (Å²) in [5.74, 6) is 0.797. The monoisotopic (exact) mass is 511 g/mol. The Hall–Kier alpha value is -4.54. The van der Waals surface area contributed by atoms with E-state index in [4.69, 9.17) is 20.2 Å². The van der Waals surface area contributed by atoms with Crippen molar-refractivity contribution < 1.29 is 14.3 Å². The van der Waals surface area contributed by atoms with Crippen LogP contribution in [0, 0.1) is 0 Å². The van der Waals surface area contributed by atoms with Crippen LogP contribution in [0.3, 0.4) is 0 Å². The second-order valence-electron chi connectivity index (χ2n) is 8.74. The normalized spacial score (nSPS) is 15.2. The highest BCUT2D eigenvalue weighted by atomic mass is 16.5. The molecule has 0 bridgehead atoms. The van der Waals surface area contributed by atoms with E-state index in [1.54, 1.807) is 31.6 Å². The minimum absolute atomic E-state index is 0.0150. The van der Waals surface area contributed by atoms with Gasteiger partial charge in [0.1, 0.15) is 5.75 Å². The summed E-state index contributed by atoms with van der Waals surface area (Å²) in [6.45, 7) is 6.13. The maximum atomic E-state index is 11.7. The van der Waals surface area contributed by atoms with Crippen molar-refractivity contribution in [3.05, 3.63) is 73.6 Å². The van der Waals surface area contributed by atoms with Gasteiger partial charge in [0, 0.05) is 60.4 Å². The van der Waals surface area contributed by atoms with Crippen LogP contribution < -0.4 is 26.0 Å². The predicted octanol–water partition coefficient (Wildman–Crippen LogP) is 3.73. The minimum Gasteiger partial charge on any atom is -0.494 e. The van der Waals surface area contributed by atoms with Crippen LogP contribution >= 0.6 is 0 Å². The summed E-state index contributed by atoms with van der Waals surface area (Å²) in [6.07, 6.45) is 4.64. The van der Waals surface area contributed by atoms with E-state index in [2.05, 4.69) is 32.1 Å². The van der Waals surface area contributed by atoms with Crippen molar-refractivity contribution in [2.75, 3.05) is 48.9 Å². The van der Waals surface area contributed by atoms with Crippen molar-refractivity contribution in [1.82, 2.24) is 15.0 Å². The fourth-order valence-corrected chi connectivity index (χ4v) is 4.37. The highest BCUT2D eigenvalue weighted by molar-refractivity contribution is 5.99. The molecule has 1 aliphatic rings. The number of amides is 1. The predicted molar refractivity (Wildman–Crippen MR) is 149 cm³/mol. The second-order valence-corrected chi connectivity index (χ2v) is 8.74. The summed E-state index contributed by atoms with van der Waals surface area (Å²) < 4.78 is 11.4. The highest BCUT2D eigenvalue weighted by Crippen LogP contribution is 2.33. The fraction of sp³-hybridized carbons (Fsp3) is 0.214. The van der Waals surface area contributed by atoms with Crippen molar-refractivity contribution in [1.29, 1.82) is 0 Å². The number of carbonyl (C=O) groups is 1. The van der Waals surface area contributed by atoms with Gasteiger partial charge in [-0.1, -0.05) is 24.8 Å².